The molecule has 104 valence electrons. The van der Waals surface area contributed by atoms with E-state index in [2.05, 4.69) is 66.0 Å². The van der Waals surface area contributed by atoms with E-state index < -0.39 is 0 Å². The molecular formula is C15H34N2. The van der Waals surface area contributed by atoms with Gasteiger partial charge in [0.2, 0.25) is 0 Å². The molecular weight excluding hydrogens is 208 g/mol. The molecule has 0 rings (SSSR count). The fourth-order valence-corrected chi connectivity index (χ4v) is 2.86. The highest BCUT2D eigenvalue weighted by Gasteiger charge is 2.34. The van der Waals surface area contributed by atoms with E-state index in [4.69, 9.17) is 0 Å². The summed E-state index contributed by atoms with van der Waals surface area (Å²) in [6, 6.07) is 0.566. The summed E-state index contributed by atoms with van der Waals surface area (Å²) in [5, 5.41) is 3.54. The third kappa shape index (κ3) is 4.97. The van der Waals surface area contributed by atoms with E-state index in [0.717, 1.165) is 11.8 Å². The number of likely N-dealkylation sites (N-methyl/N-ethyl adjacent to an activating group) is 2. The van der Waals surface area contributed by atoms with E-state index in [1.54, 1.807) is 0 Å². The second kappa shape index (κ2) is 7.38. The van der Waals surface area contributed by atoms with Gasteiger partial charge in [0.1, 0.15) is 0 Å². The highest BCUT2D eigenvalue weighted by molar-refractivity contribution is 4.94. The van der Waals surface area contributed by atoms with Crippen molar-refractivity contribution in [3.63, 3.8) is 0 Å². The first kappa shape index (κ1) is 16.9. The molecule has 0 aromatic rings. The Morgan fingerprint density at radius 1 is 1.12 bits per heavy atom. The van der Waals surface area contributed by atoms with E-state index in [1.165, 1.54) is 19.3 Å². The number of rotatable bonds is 8. The van der Waals surface area contributed by atoms with Crippen LogP contribution in [0.25, 0.3) is 0 Å². The third-order valence-corrected chi connectivity index (χ3v) is 4.35. The van der Waals surface area contributed by atoms with Gasteiger partial charge < -0.3 is 10.2 Å². The van der Waals surface area contributed by atoms with Crippen LogP contribution in [0.4, 0.5) is 0 Å². The number of nitrogens with zero attached hydrogens (tertiary/aromatic N) is 1. The molecule has 0 bridgehead atoms. The molecule has 0 spiro atoms. The Morgan fingerprint density at radius 3 is 1.94 bits per heavy atom. The highest BCUT2D eigenvalue weighted by Crippen LogP contribution is 2.27. The van der Waals surface area contributed by atoms with Gasteiger partial charge in [0.15, 0.2) is 0 Å². The van der Waals surface area contributed by atoms with E-state index in [9.17, 15) is 0 Å². The molecule has 3 unspecified atom stereocenters. The SMILES string of the molecule is CCC(C)(C(CC(C)CC(C)C)NC)N(C)C. The van der Waals surface area contributed by atoms with Crippen molar-refractivity contribution in [2.75, 3.05) is 21.1 Å². The molecule has 0 aromatic carbocycles. The first-order valence-electron chi connectivity index (χ1n) is 7.12. The maximum absolute atomic E-state index is 3.54. The van der Waals surface area contributed by atoms with Crippen molar-refractivity contribution in [2.45, 2.75) is 65.5 Å². The van der Waals surface area contributed by atoms with Crippen molar-refractivity contribution < 1.29 is 0 Å². The van der Waals surface area contributed by atoms with Crippen LogP contribution in [-0.2, 0) is 0 Å². The molecule has 0 aliphatic rings. The Balaban J connectivity index is 4.60. The number of hydrogen-bond acceptors (Lipinski definition) is 2. The fraction of sp³-hybridized carbons (Fsp3) is 1.00. The summed E-state index contributed by atoms with van der Waals surface area (Å²) in [6.07, 6.45) is 3.77. The quantitative estimate of drug-likeness (QED) is 0.702. The van der Waals surface area contributed by atoms with Crippen molar-refractivity contribution in [3.8, 4) is 0 Å². The molecule has 0 saturated heterocycles. The highest BCUT2D eigenvalue weighted by atomic mass is 15.2. The van der Waals surface area contributed by atoms with E-state index in [-0.39, 0.29) is 5.54 Å². The summed E-state index contributed by atoms with van der Waals surface area (Å²) in [7, 11) is 6.49. The Bertz CT molecular complexity index is 201. The Kier molecular flexibility index (Phi) is 7.34. The van der Waals surface area contributed by atoms with Gasteiger partial charge in [-0.3, -0.25) is 0 Å². The topological polar surface area (TPSA) is 15.3 Å². The standard InChI is InChI=1S/C15H34N2/c1-9-15(5,17(7)8)14(16-6)11-13(4)10-12(2)3/h12-14,16H,9-11H2,1-8H3. The molecule has 0 aromatic heterocycles. The molecule has 2 nitrogen and oxygen atoms in total. The minimum atomic E-state index is 0.250. The first-order chi connectivity index (χ1) is 7.77. The minimum Gasteiger partial charge on any atom is -0.315 e. The summed E-state index contributed by atoms with van der Waals surface area (Å²) in [5.41, 5.74) is 0.250. The third-order valence-electron chi connectivity index (χ3n) is 4.35. The van der Waals surface area contributed by atoms with Gasteiger partial charge in [-0.15, -0.1) is 0 Å². The first-order valence-corrected chi connectivity index (χ1v) is 7.12. The van der Waals surface area contributed by atoms with Crippen molar-refractivity contribution in [1.29, 1.82) is 0 Å². The summed E-state index contributed by atoms with van der Waals surface area (Å²) >= 11 is 0. The van der Waals surface area contributed by atoms with Crippen molar-refractivity contribution in [2.24, 2.45) is 11.8 Å². The van der Waals surface area contributed by atoms with Gasteiger partial charge in [0.05, 0.1) is 0 Å². The summed E-state index contributed by atoms with van der Waals surface area (Å²) in [5.74, 6) is 1.59. The van der Waals surface area contributed by atoms with E-state index in [1.807, 2.05) is 0 Å². The second-order valence-corrected chi connectivity index (χ2v) is 6.42. The lowest BCUT2D eigenvalue weighted by Gasteiger charge is -2.43. The van der Waals surface area contributed by atoms with Crippen molar-refractivity contribution >= 4 is 0 Å². The van der Waals surface area contributed by atoms with Crippen LogP contribution < -0.4 is 5.32 Å². The Morgan fingerprint density at radius 2 is 1.65 bits per heavy atom. The average molecular weight is 242 g/mol. The molecule has 3 atom stereocenters. The summed E-state index contributed by atoms with van der Waals surface area (Å²) in [6.45, 7) is 11.7. The molecule has 0 aliphatic heterocycles. The molecule has 0 amide bonds. The molecule has 0 heterocycles. The average Bonchev–Trinajstić information content (AvgIpc) is 2.23. The van der Waals surface area contributed by atoms with Gasteiger partial charge in [-0.25, -0.2) is 0 Å². The lowest BCUT2D eigenvalue weighted by molar-refractivity contribution is 0.102. The molecule has 17 heavy (non-hydrogen) atoms. The van der Waals surface area contributed by atoms with Gasteiger partial charge in [-0.2, -0.15) is 0 Å². The normalized spacial score (nSPS) is 19.4. The zero-order chi connectivity index (χ0) is 13.6. The van der Waals surface area contributed by atoms with Gasteiger partial charge >= 0.3 is 0 Å². The summed E-state index contributed by atoms with van der Waals surface area (Å²) in [4.78, 5) is 2.37. The van der Waals surface area contributed by atoms with Crippen LogP contribution in [0.2, 0.25) is 0 Å². The van der Waals surface area contributed by atoms with Crippen molar-refractivity contribution in [1.82, 2.24) is 10.2 Å². The van der Waals surface area contributed by atoms with Gasteiger partial charge in [0.25, 0.3) is 0 Å². The van der Waals surface area contributed by atoms with E-state index >= 15 is 0 Å². The molecule has 0 aliphatic carbocycles. The molecule has 1 N–H and O–H groups in total. The number of nitrogens with one attached hydrogen (secondary N) is 1. The lowest BCUT2D eigenvalue weighted by atomic mass is 9.81. The maximum Gasteiger partial charge on any atom is 0.0325 e. The number of hydrogen-bond donors (Lipinski definition) is 1. The van der Waals surface area contributed by atoms with Crippen LogP contribution in [-0.4, -0.2) is 37.6 Å². The maximum atomic E-state index is 3.54. The van der Waals surface area contributed by atoms with Crippen LogP contribution in [0.1, 0.15) is 53.9 Å². The molecule has 0 saturated carbocycles. The van der Waals surface area contributed by atoms with Gasteiger partial charge in [0, 0.05) is 11.6 Å². The van der Waals surface area contributed by atoms with Crippen molar-refractivity contribution in [3.05, 3.63) is 0 Å². The summed E-state index contributed by atoms with van der Waals surface area (Å²) < 4.78 is 0. The second-order valence-electron chi connectivity index (χ2n) is 6.42. The molecule has 2 heteroatoms. The van der Waals surface area contributed by atoms with Gasteiger partial charge in [-0.05, 0) is 59.2 Å². The lowest BCUT2D eigenvalue weighted by Crippen LogP contribution is -2.56. The van der Waals surface area contributed by atoms with Gasteiger partial charge in [-0.1, -0.05) is 27.7 Å². The molecule has 0 radical (unpaired) electrons. The Labute approximate surface area is 109 Å². The minimum absolute atomic E-state index is 0.250. The zero-order valence-corrected chi connectivity index (χ0v) is 13.3. The molecule has 0 fully saturated rings. The van der Waals surface area contributed by atoms with Crippen LogP contribution in [0, 0.1) is 11.8 Å². The predicted octanol–water partition coefficient (Wildman–Crippen LogP) is 3.38. The largest absolute Gasteiger partial charge is 0.315 e. The van der Waals surface area contributed by atoms with Crippen LogP contribution in [0.15, 0.2) is 0 Å². The zero-order valence-electron chi connectivity index (χ0n) is 13.3. The van der Waals surface area contributed by atoms with Crippen LogP contribution in [0.3, 0.4) is 0 Å². The monoisotopic (exact) mass is 242 g/mol. The predicted molar refractivity (Wildman–Crippen MR) is 78.5 cm³/mol. The smallest absolute Gasteiger partial charge is 0.0325 e. The van der Waals surface area contributed by atoms with Crippen LogP contribution >= 0.6 is 0 Å². The van der Waals surface area contributed by atoms with Crippen LogP contribution in [0.5, 0.6) is 0 Å². The fourth-order valence-electron chi connectivity index (χ4n) is 2.86. The Hall–Kier alpha value is -0.0800. The van der Waals surface area contributed by atoms with E-state index in [0.29, 0.717) is 6.04 Å².